The quantitative estimate of drug-likeness (QED) is 0.554. The van der Waals surface area contributed by atoms with Gasteiger partial charge in [-0.3, -0.25) is 28.4 Å². The molecular weight excluding hydrogens is 484 g/mol. The fraction of sp³-hybridized carbons (Fsp3) is 0.143. The number of carbonyl (C=O) groups is 3. The Kier molecular flexibility index (Phi) is 5.59. The maximum atomic E-state index is 12.7. The number of amides is 3. The van der Waals surface area contributed by atoms with Gasteiger partial charge in [0.1, 0.15) is 6.54 Å². The van der Waals surface area contributed by atoms with E-state index < -0.39 is 17.1 Å². The molecule has 0 radical (unpaired) electrons. The first-order chi connectivity index (χ1) is 14.7. The number of imidazole rings is 1. The molecule has 0 aliphatic carbocycles. The Bertz CT molecular complexity index is 1320. The number of aromatic nitrogens is 2. The first-order valence-corrected chi connectivity index (χ1v) is 10.8. The molecule has 158 valence electrons. The predicted molar refractivity (Wildman–Crippen MR) is 124 cm³/mol. The van der Waals surface area contributed by atoms with Crippen molar-refractivity contribution in [1.82, 2.24) is 14.0 Å². The van der Waals surface area contributed by atoms with Crippen molar-refractivity contribution in [2.24, 2.45) is 14.1 Å². The van der Waals surface area contributed by atoms with Crippen LogP contribution in [0.25, 0.3) is 17.1 Å². The molecular formula is C21H17BrN4O4S. The number of rotatable bonds is 4. The fourth-order valence-electron chi connectivity index (χ4n) is 3.28. The molecule has 1 fully saturated rings. The number of benzene rings is 2. The van der Waals surface area contributed by atoms with Gasteiger partial charge in [0.2, 0.25) is 5.91 Å². The van der Waals surface area contributed by atoms with Crippen LogP contribution in [0.2, 0.25) is 0 Å². The summed E-state index contributed by atoms with van der Waals surface area (Å²) in [5.74, 6) is -0.991. The molecule has 8 nitrogen and oxygen atoms in total. The molecule has 1 aliphatic rings. The maximum absolute atomic E-state index is 12.7. The zero-order chi connectivity index (χ0) is 22.3. The van der Waals surface area contributed by atoms with Gasteiger partial charge >= 0.3 is 5.69 Å². The molecule has 1 aromatic heterocycles. The van der Waals surface area contributed by atoms with E-state index in [1.165, 1.54) is 9.13 Å². The molecule has 31 heavy (non-hydrogen) atoms. The highest BCUT2D eigenvalue weighted by molar-refractivity contribution is 9.10. The third-order valence-electron chi connectivity index (χ3n) is 4.90. The Labute approximate surface area is 189 Å². The van der Waals surface area contributed by atoms with Gasteiger partial charge in [-0.25, -0.2) is 4.79 Å². The molecule has 0 atom stereocenters. The van der Waals surface area contributed by atoms with Crippen LogP contribution in [0.15, 0.2) is 56.6 Å². The normalized spacial score (nSPS) is 15.3. The zero-order valence-corrected chi connectivity index (χ0v) is 19.0. The molecule has 0 saturated carbocycles. The van der Waals surface area contributed by atoms with Crippen molar-refractivity contribution in [3.05, 3.63) is 67.9 Å². The number of nitrogens with one attached hydrogen (secondary N) is 1. The molecule has 3 amide bonds. The maximum Gasteiger partial charge on any atom is 0.328 e. The summed E-state index contributed by atoms with van der Waals surface area (Å²) in [7, 11) is 3.36. The van der Waals surface area contributed by atoms with Gasteiger partial charge in [-0.2, -0.15) is 0 Å². The van der Waals surface area contributed by atoms with E-state index in [0.717, 1.165) is 26.7 Å². The summed E-state index contributed by atoms with van der Waals surface area (Å²) in [6.07, 6.45) is 1.59. The summed E-state index contributed by atoms with van der Waals surface area (Å²) < 4.78 is 3.93. The number of hydrogen-bond donors (Lipinski definition) is 1. The molecule has 0 unspecified atom stereocenters. The van der Waals surface area contributed by atoms with Crippen LogP contribution in [0, 0.1) is 0 Å². The van der Waals surface area contributed by atoms with Crippen molar-refractivity contribution >= 4 is 67.5 Å². The van der Waals surface area contributed by atoms with Gasteiger partial charge in [0.25, 0.3) is 11.1 Å². The van der Waals surface area contributed by atoms with Crippen LogP contribution in [-0.2, 0) is 23.7 Å². The van der Waals surface area contributed by atoms with Crippen LogP contribution in [0.3, 0.4) is 0 Å². The minimum Gasteiger partial charge on any atom is -0.325 e. The Hall–Kier alpha value is -3.11. The lowest BCUT2D eigenvalue weighted by atomic mass is 10.2. The highest BCUT2D eigenvalue weighted by Crippen LogP contribution is 2.32. The molecule has 2 heterocycles. The highest BCUT2D eigenvalue weighted by Gasteiger charge is 2.36. The van der Waals surface area contributed by atoms with Crippen LogP contribution in [0.5, 0.6) is 0 Å². The standard InChI is InChI=1S/C21H17BrN4O4S/c1-24-15-8-3-12(9-16(15)25(2)20(24)29)10-17-19(28)26(21(30)31-17)11-18(27)23-14-6-4-13(22)5-7-14/h3-10H,11H2,1-2H3,(H,23,27)/b17-10+. The van der Waals surface area contributed by atoms with Gasteiger partial charge in [0.05, 0.1) is 15.9 Å². The lowest BCUT2D eigenvalue weighted by molar-refractivity contribution is -0.127. The molecule has 1 aliphatic heterocycles. The van der Waals surface area contributed by atoms with E-state index in [0.29, 0.717) is 16.8 Å². The summed E-state index contributed by atoms with van der Waals surface area (Å²) in [6.45, 7) is -0.371. The lowest BCUT2D eigenvalue weighted by Crippen LogP contribution is -2.36. The summed E-state index contributed by atoms with van der Waals surface area (Å²) in [5, 5.41) is 2.16. The van der Waals surface area contributed by atoms with Crippen molar-refractivity contribution in [1.29, 1.82) is 0 Å². The van der Waals surface area contributed by atoms with Gasteiger partial charge in [-0.15, -0.1) is 0 Å². The van der Waals surface area contributed by atoms with Crippen LogP contribution >= 0.6 is 27.7 Å². The molecule has 1 saturated heterocycles. The summed E-state index contributed by atoms with van der Waals surface area (Å²) in [4.78, 5) is 50.6. The van der Waals surface area contributed by atoms with Crippen LogP contribution < -0.4 is 11.0 Å². The van der Waals surface area contributed by atoms with Crippen molar-refractivity contribution in [2.45, 2.75) is 0 Å². The number of imide groups is 1. The molecule has 0 spiro atoms. The number of fused-ring (bicyclic) bond motifs is 1. The van der Waals surface area contributed by atoms with Gasteiger partial charge in [0, 0.05) is 24.3 Å². The Morgan fingerprint density at radius 2 is 1.71 bits per heavy atom. The van der Waals surface area contributed by atoms with Gasteiger partial charge in [0.15, 0.2) is 0 Å². The van der Waals surface area contributed by atoms with Crippen LogP contribution in [0.4, 0.5) is 10.5 Å². The SMILES string of the molecule is Cn1c(=O)n(C)c2cc(/C=C3/SC(=O)N(CC(=O)Nc4ccc(Br)cc4)C3=O)ccc21. The Morgan fingerprint density at radius 3 is 2.42 bits per heavy atom. The summed E-state index contributed by atoms with van der Waals surface area (Å²) in [6, 6.07) is 12.3. The van der Waals surface area contributed by atoms with Gasteiger partial charge in [-0.05, 0) is 59.8 Å². The Morgan fingerprint density at radius 1 is 1.03 bits per heavy atom. The highest BCUT2D eigenvalue weighted by atomic mass is 79.9. The van der Waals surface area contributed by atoms with Crippen molar-refractivity contribution < 1.29 is 14.4 Å². The number of carbonyl (C=O) groups excluding carboxylic acids is 3. The minimum absolute atomic E-state index is 0.149. The van der Waals surface area contributed by atoms with E-state index in [1.54, 1.807) is 62.6 Å². The molecule has 3 aromatic rings. The number of aryl methyl sites for hydroxylation is 2. The smallest absolute Gasteiger partial charge is 0.325 e. The molecule has 4 rings (SSSR count). The van der Waals surface area contributed by atoms with E-state index in [1.807, 2.05) is 0 Å². The molecule has 10 heteroatoms. The van der Waals surface area contributed by atoms with E-state index in [4.69, 9.17) is 0 Å². The van der Waals surface area contributed by atoms with E-state index in [2.05, 4.69) is 21.2 Å². The largest absolute Gasteiger partial charge is 0.328 e. The average Bonchev–Trinajstić information content (AvgIpc) is 3.12. The van der Waals surface area contributed by atoms with Crippen LogP contribution in [0.1, 0.15) is 5.56 Å². The molecule has 2 aromatic carbocycles. The van der Waals surface area contributed by atoms with Crippen molar-refractivity contribution in [3.8, 4) is 0 Å². The zero-order valence-electron chi connectivity index (χ0n) is 16.6. The third-order valence-corrected chi connectivity index (χ3v) is 6.33. The first kappa shape index (κ1) is 21.1. The topological polar surface area (TPSA) is 93.4 Å². The second kappa shape index (κ2) is 8.20. The van der Waals surface area contributed by atoms with Crippen molar-refractivity contribution in [3.63, 3.8) is 0 Å². The minimum atomic E-state index is -0.525. The number of anilines is 1. The molecule has 0 bridgehead atoms. The van der Waals surface area contributed by atoms with Crippen LogP contribution in [-0.4, -0.2) is 37.6 Å². The van der Waals surface area contributed by atoms with E-state index in [9.17, 15) is 19.2 Å². The second-order valence-corrected chi connectivity index (χ2v) is 8.88. The summed E-state index contributed by atoms with van der Waals surface area (Å²) in [5.41, 5.74) is 2.58. The third kappa shape index (κ3) is 4.08. The number of nitrogens with zero attached hydrogens (tertiary/aromatic N) is 3. The van der Waals surface area contributed by atoms with Gasteiger partial charge in [-0.1, -0.05) is 22.0 Å². The Balaban J connectivity index is 1.52. The number of halogens is 1. The second-order valence-electron chi connectivity index (χ2n) is 6.97. The monoisotopic (exact) mass is 500 g/mol. The first-order valence-electron chi connectivity index (χ1n) is 9.21. The van der Waals surface area contributed by atoms with Crippen molar-refractivity contribution in [2.75, 3.05) is 11.9 Å². The average molecular weight is 501 g/mol. The van der Waals surface area contributed by atoms with Gasteiger partial charge < -0.3 is 5.32 Å². The summed E-state index contributed by atoms with van der Waals surface area (Å²) >= 11 is 4.10. The predicted octanol–water partition coefficient (Wildman–Crippen LogP) is 3.31. The molecule has 1 N–H and O–H groups in total. The fourth-order valence-corrected chi connectivity index (χ4v) is 4.38. The van der Waals surface area contributed by atoms with E-state index in [-0.39, 0.29) is 17.1 Å². The van der Waals surface area contributed by atoms with E-state index >= 15 is 0 Å². The number of hydrogen-bond acceptors (Lipinski definition) is 5. The number of thioether (sulfide) groups is 1. The lowest BCUT2D eigenvalue weighted by Gasteiger charge is -2.12.